The fourth-order valence-electron chi connectivity index (χ4n) is 9.45. The molecule has 23 heteroatoms. The standard InChI is InChI=1S/C28H25ClF3N3O4S.C24H19ClF3N3O3S/c1-3-7-23(37)39-26-21(36)12-13-34-25(26)27(38)33(16(2)28(30,31)32)15-35(34)24-17-9-6-10-20(29)19(17)14-40-22-11-5-4-8-18(22)24;1-13(24(26,27)28)29-12-31(30-10-9-18(32)22(33)21(30)23(29)34)20-14-6-4-7-17(25)16(14)11-35-19-8-3-2-5-15(19)20/h4-6,8-13,16,24H,3,7,14-15H2,1-2H3;2-10,13,20,33H,11-12H2,1H3/t16-,24+;13-,20+/m11/s1. The normalized spacial score (nSPS) is 17.9. The molecule has 75 heavy (non-hydrogen) atoms. The largest absolute Gasteiger partial charge is 0.502 e. The molecule has 0 aliphatic carbocycles. The van der Waals surface area contributed by atoms with Crippen molar-refractivity contribution in [2.24, 2.45) is 0 Å². The summed E-state index contributed by atoms with van der Waals surface area (Å²) >= 11 is 16.2. The molecule has 0 bridgehead atoms. The monoisotopic (exact) mass is 1110 g/mol. The maximum Gasteiger partial charge on any atom is 0.408 e. The second kappa shape index (κ2) is 20.9. The number of nitrogens with zero attached hydrogens (tertiary/aromatic N) is 6. The highest BCUT2D eigenvalue weighted by atomic mass is 35.5. The summed E-state index contributed by atoms with van der Waals surface area (Å²) < 4.78 is 91.4. The van der Waals surface area contributed by atoms with Gasteiger partial charge in [-0.1, -0.05) is 90.8 Å². The minimum absolute atomic E-state index is 0.0343. The highest BCUT2D eigenvalue weighted by Crippen LogP contribution is 2.47. The second-order valence-electron chi connectivity index (χ2n) is 17.9. The molecule has 0 fully saturated rings. The molecule has 0 saturated heterocycles. The molecule has 0 saturated carbocycles. The Kier molecular flexibility index (Phi) is 14.8. The van der Waals surface area contributed by atoms with Crippen LogP contribution in [0.15, 0.2) is 129 Å². The number of aromatic nitrogens is 2. The van der Waals surface area contributed by atoms with Gasteiger partial charge in [-0.15, -0.1) is 23.5 Å². The van der Waals surface area contributed by atoms with Gasteiger partial charge in [0.25, 0.3) is 11.8 Å². The number of pyridine rings is 2. The summed E-state index contributed by atoms with van der Waals surface area (Å²) in [7, 11) is 0. The molecule has 1 N–H and O–H groups in total. The van der Waals surface area contributed by atoms with Crippen LogP contribution in [0.3, 0.4) is 0 Å². The average Bonchev–Trinajstić information content (AvgIpc) is 3.65. The van der Waals surface area contributed by atoms with Crippen molar-refractivity contribution >= 4 is 64.5 Å². The van der Waals surface area contributed by atoms with E-state index < -0.39 is 101 Å². The smallest absolute Gasteiger partial charge is 0.408 e. The maximum absolute atomic E-state index is 14.1. The quantitative estimate of drug-likeness (QED) is 0.121. The predicted octanol–water partition coefficient (Wildman–Crippen LogP) is 10.8. The van der Waals surface area contributed by atoms with Crippen molar-refractivity contribution in [1.29, 1.82) is 0 Å². The Labute approximate surface area is 443 Å². The number of rotatable bonds is 7. The Bertz CT molecular complexity index is 3380. The van der Waals surface area contributed by atoms with E-state index in [2.05, 4.69) is 0 Å². The van der Waals surface area contributed by atoms with Gasteiger partial charge in [-0.3, -0.25) is 43.3 Å². The summed E-state index contributed by atoms with van der Waals surface area (Å²) in [4.78, 5) is 67.4. The number of ether oxygens (including phenoxy) is 1. The van der Waals surface area contributed by atoms with Crippen LogP contribution in [0.4, 0.5) is 26.3 Å². The summed E-state index contributed by atoms with van der Waals surface area (Å²) in [6, 6.07) is 22.2. The minimum atomic E-state index is -4.75. The summed E-state index contributed by atoms with van der Waals surface area (Å²) in [5.74, 6) is -3.34. The molecule has 10 rings (SSSR count). The van der Waals surface area contributed by atoms with E-state index >= 15 is 0 Å². The van der Waals surface area contributed by atoms with E-state index in [0.29, 0.717) is 37.8 Å². The molecule has 0 spiro atoms. The van der Waals surface area contributed by atoms with Gasteiger partial charge in [0.1, 0.15) is 25.4 Å². The average molecular weight is 1110 g/mol. The number of fused-ring (bicyclic) bond motifs is 6. The first-order valence-electron chi connectivity index (χ1n) is 23.3. The number of carbonyl (C=O) groups is 3. The molecular weight excluding hydrogens is 1070 g/mol. The zero-order valence-electron chi connectivity index (χ0n) is 39.9. The third kappa shape index (κ3) is 9.95. The molecule has 4 aliphatic rings. The van der Waals surface area contributed by atoms with Crippen LogP contribution in [0.2, 0.25) is 10.0 Å². The van der Waals surface area contributed by atoms with E-state index in [9.17, 15) is 55.4 Å². The number of carbonyl (C=O) groups excluding carboxylic acids is 3. The Morgan fingerprint density at radius 3 is 1.53 bits per heavy atom. The fraction of sp³-hybridized carbons (Fsp3) is 0.288. The van der Waals surface area contributed by atoms with Gasteiger partial charge >= 0.3 is 18.3 Å². The number of benzene rings is 4. The van der Waals surface area contributed by atoms with Crippen molar-refractivity contribution in [3.05, 3.63) is 185 Å². The van der Waals surface area contributed by atoms with Crippen LogP contribution >= 0.6 is 46.7 Å². The number of amides is 2. The Morgan fingerprint density at radius 1 is 0.640 bits per heavy atom. The SMILES string of the molecule is CCCC(=O)Oc1c2n(ccc1=O)N([C@@H]1c3ccccc3SCc3c(Cl)cccc31)CN([C@H](C)C(F)(F)F)C2=O.C[C@@H](N1CN([C@@H]2c3ccccc3SCc3c(Cl)cccc32)n2ccc(=O)c(O)c2C1=O)C(F)(F)F. The topological polar surface area (TPSA) is 138 Å². The Balaban J connectivity index is 0.000000185. The zero-order chi connectivity index (χ0) is 53.8. The first-order valence-corrected chi connectivity index (χ1v) is 26.0. The highest BCUT2D eigenvalue weighted by molar-refractivity contribution is 7.98. The van der Waals surface area contributed by atoms with Crippen molar-refractivity contribution in [3.63, 3.8) is 0 Å². The lowest BCUT2D eigenvalue weighted by atomic mass is 9.94. The van der Waals surface area contributed by atoms with Crippen LogP contribution in [-0.2, 0) is 16.3 Å². The van der Waals surface area contributed by atoms with Gasteiger partial charge in [0.2, 0.25) is 16.6 Å². The van der Waals surface area contributed by atoms with Crippen LogP contribution in [0.1, 0.15) is 100 Å². The van der Waals surface area contributed by atoms with Gasteiger partial charge < -0.3 is 19.6 Å². The number of hydrogen-bond acceptors (Lipinski definition) is 11. The highest BCUT2D eigenvalue weighted by Gasteiger charge is 2.50. The number of halogens is 8. The Hall–Kier alpha value is -6.55. The molecule has 2 amide bonds. The van der Waals surface area contributed by atoms with Gasteiger partial charge in [0.05, 0.1) is 12.1 Å². The lowest BCUT2D eigenvalue weighted by molar-refractivity contribution is -0.173. The number of esters is 1. The number of aromatic hydroxyl groups is 1. The van der Waals surface area contributed by atoms with Gasteiger partial charge in [0, 0.05) is 62.3 Å². The van der Waals surface area contributed by atoms with E-state index in [0.717, 1.165) is 69.2 Å². The van der Waals surface area contributed by atoms with Crippen molar-refractivity contribution in [3.8, 4) is 11.5 Å². The summed E-state index contributed by atoms with van der Waals surface area (Å²) in [5.41, 5.74) is 2.11. The summed E-state index contributed by atoms with van der Waals surface area (Å²) in [5, 5.41) is 14.7. The summed E-state index contributed by atoms with van der Waals surface area (Å²) in [6.07, 6.45) is -6.46. The van der Waals surface area contributed by atoms with Gasteiger partial charge in [-0.25, -0.2) is 0 Å². The summed E-state index contributed by atoms with van der Waals surface area (Å²) in [6.45, 7) is 2.60. The van der Waals surface area contributed by atoms with Gasteiger partial charge in [-0.2, -0.15) is 26.3 Å². The van der Waals surface area contributed by atoms with Gasteiger partial charge in [0.15, 0.2) is 17.1 Å². The first-order chi connectivity index (χ1) is 35.6. The number of hydrogen-bond donors (Lipinski definition) is 1. The van der Waals surface area contributed by atoms with Crippen LogP contribution in [0, 0.1) is 0 Å². The molecule has 13 nitrogen and oxygen atoms in total. The molecule has 2 aromatic heterocycles. The molecule has 4 atom stereocenters. The van der Waals surface area contributed by atoms with Crippen molar-refractivity contribution in [1.82, 2.24) is 19.2 Å². The van der Waals surface area contributed by atoms with Crippen LogP contribution in [0.25, 0.3) is 0 Å². The number of alkyl halides is 6. The zero-order valence-corrected chi connectivity index (χ0v) is 43.0. The van der Waals surface area contributed by atoms with E-state index in [4.69, 9.17) is 27.9 Å². The van der Waals surface area contributed by atoms with Gasteiger partial charge in [-0.05, 0) is 77.9 Å². The van der Waals surface area contributed by atoms with E-state index in [1.165, 1.54) is 21.7 Å². The van der Waals surface area contributed by atoms with Crippen molar-refractivity contribution in [2.45, 2.75) is 91.4 Å². The lowest BCUT2D eigenvalue weighted by Gasteiger charge is -2.46. The third-order valence-electron chi connectivity index (χ3n) is 13.4. The molecule has 0 radical (unpaired) electrons. The van der Waals surface area contributed by atoms with Crippen molar-refractivity contribution in [2.75, 3.05) is 23.4 Å². The molecule has 4 aromatic carbocycles. The molecule has 6 heterocycles. The van der Waals surface area contributed by atoms with Crippen molar-refractivity contribution < 1.29 is 50.6 Å². The van der Waals surface area contributed by atoms with Crippen LogP contribution in [0.5, 0.6) is 11.5 Å². The predicted molar refractivity (Wildman–Crippen MR) is 272 cm³/mol. The lowest BCUT2D eigenvalue weighted by Crippen LogP contribution is -2.60. The second-order valence-corrected chi connectivity index (χ2v) is 20.7. The van der Waals surface area contributed by atoms with E-state index in [-0.39, 0.29) is 6.42 Å². The Morgan fingerprint density at radius 2 is 1.07 bits per heavy atom. The molecule has 0 unspecified atom stereocenters. The minimum Gasteiger partial charge on any atom is -0.502 e. The molecule has 6 aromatic rings. The number of thioether (sulfide) groups is 2. The van der Waals surface area contributed by atoms with E-state index in [1.54, 1.807) is 64.7 Å². The van der Waals surface area contributed by atoms with E-state index in [1.807, 2.05) is 60.7 Å². The molecular formula is C52H44Cl2F6N6O7S2. The van der Waals surface area contributed by atoms with Crippen LogP contribution < -0.4 is 25.6 Å². The third-order valence-corrected chi connectivity index (χ3v) is 16.3. The molecule has 4 aliphatic heterocycles. The first kappa shape index (κ1) is 53.3. The fourth-order valence-corrected chi connectivity index (χ4v) is 12.4. The maximum atomic E-state index is 14.1. The molecule has 392 valence electrons. The van der Waals surface area contributed by atoms with Crippen LogP contribution in [-0.4, -0.2) is 79.8 Å².